The third-order valence-electron chi connectivity index (χ3n) is 2.09. The van der Waals surface area contributed by atoms with Crippen LogP contribution in [0.4, 0.5) is 8.78 Å². The van der Waals surface area contributed by atoms with Crippen molar-refractivity contribution < 1.29 is 18.3 Å². The molecule has 0 N–H and O–H groups in total. The highest BCUT2D eigenvalue weighted by molar-refractivity contribution is 9.10. The fraction of sp³-hybridized carbons (Fsp3) is 0.364. The number of rotatable bonds is 3. The Kier molecular flexibility index (Phi) is 4.41. The summed E-state index contributed by atoms with van der Waals surface area (Å²) in [4.78, 5) is 11.5. The Morgan fingerprint density at radius 3 is 2.62 bits per heavy atom. The first-order chi connectivity index (χ1) is 7.49. The largest absolute Gasteiger partial charge is 0.462 e. The first kappa shape index (κ1) is 13.1. The van der Waals surface area contributed by atoms with Crippen molar-refractivity contribution in [1.29, 1.82) is 0 Å². The van der Waals surface area contributed by atoms with Gasteiger partial charge in [0.1, 0.15) is 0 Å². The SMILES string of the molecule is CCOC(=O)c1ccc(C)c(Br)c1C(F)F. The summed E-state index contributed by atoms with van der Waals surface area (Å²) in [5.74, 6) is -0.724. The minimum absolute atomic E-state index is 0.0886. The van der Waals surface area contributed by atoms with Crippen LogP contribution in [0, 0.1) is 6.92 Å². The minimum atomic E-state index is -2.71. The molecule has 0 saturated heterocycles. The predicted octanol–water partition coefficient (Wildman–Crippen LogP) is 3.87. The third kappa shape index (κ3) is 2.58. The summed E-state index contributed by atoms with van der Waals surface area (Å²) in [7, 11) is 0. The molecule has 0 heterocycles. The smallest absolute Gasteiger partial charge is 0.338 e. The van der Waals surface area contributed by atoms with Crippen LogP contribution in [0.3, 0.4) is 0 Å². The molecule has 0 radical (unpaired) electrons. The van der Waals surface area contributed by atoms with Gasteiger partial charge in [0.25, 0.3) is 6.43 Å². The van der Waals surface area contributed by atoms with Crippen molar-refractivity contribution >= 4 is 21.9 Å². The number of ether oxygens (including phenoxy) is 1. The molecule has 1 aromatic carbocycles. The van der Waals surface area contributed by atoms with Crippen LogP contribution in [-0.4, -0.2) is 12.6 Å². The Hall–Kier alpha value is -0.970. The van der Waals surface area contributed by atoms with E-state index in [1.54, 1.807) is 19.9 Å². The van der Waals surface area contributed by atoms with Crippen LogP contribution >= 0.6 is 15.9 Å². The molecule has 0 aromatic heterocycles. The number of hydrogen-bond acceptors (Lipinski definition) is 2. The molecule has 0 atom stereocenters. The lowest BCUT2D eigenvalue weighted by Crippen LogP contribution is -2.09. The van der Waals surface area contributed by atoms with Gasteiger partial charge in [0, 0.05) is 10.0 Å². The molecule has 0 bridgehead atoms. The lowest BCUT2D eigenvalue weighted by atomic mass is 10.0. The van der Waals surface area contributed by atoms with Gasteiger partial charge < -0.3 is 4.74 Å². The Morgan fingerprint density at radius 1 is 1.50 bits per heavy atom. The van der Waals surface area contributed by atoms with Crippen molar-refractivity contribution in [2.45, 2.75) is 20.3 Å². The molecule has 0 spiro atoms. The maximum absolute atomic E-state index is 12.8. The van der Waals surface area contributed by atoms with Crippen molar-refractivity contribution in [2.75, 3.05) is 6.61 Å². The van der Waals surface area contributed by atoms with E-state index in [0.29, 0.717) is 5.56 Å². The van der Waals surface area contributed by atoms with Gasteiger partial charge in [-0.15, -0.1) is 0 Å². The van der Waals surface area contributed by atoms with Gasteiger partial charge in [-0.25, -0.2) is 13.6 Å². The second-order valence-corrected chi connectivity index (χ2v) is 3.97. The van der Waals surface area contributed by atoms with Crippen LogP contribution in [0.2, 0.25) is 0 Å². The standard InChI is InChI=1S/C11H11BrF2O2/c1-3-16-11(15)7-5-4-6(2)9(12)8(7)10(13)14/h4-5,10H,3H2,1-2H3. The number of hydrogen-bond donors (Lipinski definition) is 0. The predicted molar refractivity (Wildman–Crippen MR) is 59.8 cm³/mol. The van der Waals surface area contributed by atoms with Crippen LogP contribution in [-0.2, 0) is 4.74 Å². The van der Waals surface area contributed by atoms with Gasteiger partial charge in [0.15, 0.2) is 0 Å². The molecular formula is C11H11BrF2O2. The zero-order chi connectivity index (χ0) is 12.3. The van der Waals surface area contributed by atoms with Crippen LogP contribution in [0.5, 0.6) is 0 Å². The van der Waals surface area contributed by atoms with Crippen molar-refractivity contribution in [2.24, 2.45) is 0 Å². The maximum atomic E-state index is 12.8. The highest BCUT2D eigenvalue weighted by Gasteiger charge is 2.23. The maximum Gasteiger partial charge on any atom is 0.338 e. The molecule has 0 unspecified atom stereocenters. The van der Waals surface area contributed by atoms with E-state index in [1.165, 1.54) is 6.07 Å². The summed E-state index contributed by atoms with van der Waals surface area (Å²) in [6.45, 7) is 3.47. The summed E-state index contributed by atoms with van der Waals surface area (Å²) in [5, 5.41) is 0. The van der Waals surface area contributed by atoms with E-state index < -0.39 is 12.4 Å². The highest BCUT2D eigenvalue weighted by Crippen LogP contribution is 2.33. The highest BCUT2D eigenvalue weighted by atomic mass is 79.9. The molecule has 0 saturated carbocycles. The number of carbonyl (C=O) groups excluding carboxylic acids is 1. The molecule has 1 aromatic rings. The molecular weight excluding hydrogens is 282 g/mol. The van der Waals surface area contributed by atoms with Crippen molar-refractivity contribution in [3.63, 3.8) is 0 Å². The lowest BCUT2D eigenvalue weighted by Gasteiger charge is -2.11. The van der Waals surface area contributed by atoms with E-state index in [2.05, 4.69) is 15.9 Å². The minimum Gasteiger partial charge on any atom is -0.462 e. The van der Waals surface area contributed by atoms with E-state index in [4.69, 9.17) is 4.74 Å². The van der Waals surface area contributed by atoms with Crippen molar-refractivity contribution in [1.82, 2.24) is 0 Å². The van der Waals surface area contributed by atoms with Crippen molar-refractivity contribution in [3.05, 3.63) is 33.3 Å². The monoisotopic (exact) mass is 292 g/mol. The number of benzene rings is 1. The van der Waals surface area contributed by atoms with E-state index in [-0.39, 0.29) is 22.2 Å². The Morgan fingerprint density at radius 2 is 2.12 bits per heavy atom. The summed E-state index contributed by atoms with van der Waals surface area (Å²) in [5.41, 5.74) is 0.260. The molecule has 16 heavy (non-hydrogen) atoms. The summed E-state index contributed by atoms with van der Waals surface area (Å²) in [6.07, 6.45) is -2.71. The van der Waals surface area contributed by atoms with E-state index >= 15 is 0 Å². The summed E-state index contributed by atoms with van der Waals surface area (Å²) < 4.78 is 30.6. The van der Waals surface area contributed by atoms with E-state index in [9.17, 15) is 13.6 Å². The van der Waals surface area contributed by atoms with Crippen LogP contribution < -0.4 is 0 Å². The number of alkyl halides is 2. The van der Waals surface area contributed by atoms with E-state index in [1.807, 2.05) is 0 Å². The number of carbonyl (C=O) groups is 1. The molecule has 5 heteroatoms. The molecule has 0 fully saturated rings. The van der Waals surface area contributed by atoms with Gasteiger partial charge in [-0.2, -0.15) is 0 Å². The topological polar surface area (TPSA) is 26.3 Å². The normalized spacial score (nSPS) is 10.6. The zero-order valence-corrected chi connectivity index (χ0v) is 10.5. The first-order valence-electron chi connectivity index (χ1n) is 4.73. The Labute approximate surface area is 101 Å². The molecule has 2 nitrogen and oxygen atoms in total. The Balaban J connectivity index is 3.28. The lowest BCUT2D eigenvalue weighted by molar-refractivity contribution is 0.0515. The van der Waals surface area contributed by atoms with Crippen LogP contribution in [0.25, 0.3) is 0 Å². The molecule has 0 aliphatic rings. The average Bonchev–Trinajstić information content (AvgIpc) is 2.21. The molecule has 0 aliphatic heterocycles. The molecule has 0 aliphatic carbocycles. The first-order valence-corrected chi connectivity index (χ1v) is 5.52. The summed E-state index contributed by atoms with van der Waals surface area (Å²) in [6, 6.07) is 2.96. The van der Waals surface area contributed by atoms with Gasteiger partial charge in [0.05, 0.1) is 12.2 Å². The fourth-order valence-corrected chi connectivity index (χ4v) is 1.82. The van der Waals surface area contributed by atoms with E-state index in [0.717, 1.165) is 0 Å². The third-order valence-corrected chi connectivity index (χ3v) is 3.14. The van der Waals surface area contributed by atoms with Gasteiger partial charge in [-0.1, -0.05) is 6.07 Å². The number of esters is 1. The van der Waals surface area contributed by atoms with Gasteiger partial charge in [0.2, 0.25) is 0 Å². The molecule has 1 rings (SSSR count). The molecule has 88 valence electrons. The second kappa shape index (κ2) is 5.39. The zero-order valence-electron chi connectivity index (χ0n) is 8.89. The Bertz CT molecular complexity index is 405. The van der Waals surface area contributed by atoms with Crippen molar-refractivity contribution in [3.8, 4) is 0 Å². The quantitative estimate of drug-likeness (QED) is 0.791. The second-order valence-electron chi connectivity index (χ2n) is 3.18. The summed E-state index contributed by atoms with van der Waals surface area (Å²) >= 11 is 3.06. The molecule has 0 amide bonds. The van der Waals surface area contributed by atoms with Crippen LogP contribution in [0.1, 0.15) is 34.8 Å². The van der Waals surface area contributed by atoms with Gasteiger partial charge >= 0.3 is 5.97 Å². The number of halogens is 3. The number of aryl methyl sites for hydroxylation is 1. The fourth-order valence-electron chi connectivity index (χ4n) is 1.30. The average molecular weight is 293 g/mol. The van der Waals surface area contributed by atoms with Gasteiger partial charge in [-0.05, 0) is 41.4 Å². The van der Waals surface area contributed by atoms with Crippen LogP contribution in [0.15, 0.2) is 16.6 Å². The van der Waals surface area contributed by atoms with Gasteiger partial charge in [-0.3, -0.25) is 0 Å².